The molecule has 1 aromatic carbocycles. The Bertz CT molecular complexity index is 430. The smallest absolute Gasteiger partial charge is 0.0970 e. The van der Waals surface area contributed by atoms with Gasteiger partial charge in [0.1, 0.15) is 0 Å². The molecule has 3 nitrogen and oxygen atoms in total. The fraction of sp³-hybridized carbons (Fsp3) is 0.200. The predicted octanol–water partition coefficient (Wildman–Crippen LogP) is 2.50. The molecule has 2 rings (SSSR count). The van der Waals surface area contributed by atoms with Crippen LogP contribution in [0.15, 0.2) is 29.6 Å². The summed E-state index contributed by atoms with van der Waals surface area (Å²) < 4.78 is 3.86. The summed E-state index contributed by atoms with van der Waals surface area (Å²) in [5, 5.41) is 9.91. The number of hydrogen-bond donors (Lipinski definition) is 1. The third kappa shape index (κ3) is 2.34. The SMILES string of the molecule is CNC(c1cccc(Cl)c1)c1csnn1. The van der Waals surface area contributed by atoms with Crippen LogP contribution in [0, 0.1) is 0 Å². The molecule has 5 heteroatoms. The van der Waals surface area contributed by atoms with Gasteiger partial charge in [0.05, 0.1) is 11.7 Å². The van der Waals surface area contributed by atoms with Gasteiger partial charge in [-0.15, -0.1) is 5.10 Å². The highest BCUT2D eigenvalue weighted by molar-refractivity contribution is 7.03. The van der Waals surface area contributed by atoms with Crippen molar-refractivity contribution in [3.63, 3.8) is 0 Å². The van der Waals surface area contributed by atoms with Crippen molar-refractivity contribution in [2.24, 2.45) is 0 Å². The van der Waals surface area contributed by atoms with E-state index in [2.05, 4.69) is 14.9 Å². The third-order valence-corrected chi connectivity index (χ3v) is 2.90. The minimum absolute atomic E-state index is 0.0578. The molecule has 0 aliphatic carbocycles. The standard InChI is InChI=1S/C10H10ClN3S/c1-12-10(9-6-15-14-13-9)7-3-2-4-8(11)5-7/h2-6,10,12H,1H3. The highest BCUT2D eigenvalue weighted by Gasteiger charge is 2.14. The lowest BCUT2D eigenvalue weighted by Crippen LogP contribution is -2.17. The number of aromatic nitrogens is 2. The summed E-state index contributed by atoms with van der Waals surface area (Å²) in [7, 11) is 1.89. The van der Waals surface area contributed by atoms with Gasteiger partial charge in [0.15, 0.2) is 0 Å². The summed E-state index contributed by atoms with van der Waals surface area (Å²) in [5.41, 5.74) is 2.02. The molecule has 1 atom stereocenters. The average molecular weight is 240 g/mol. The molecular weight excluding hydrogens is 230 g/mol. The van der Waals surface area contributed by atoms with Crippen LogP contribution in [0.25, 0.3) is 0 Å². The number of halogens is 1. The van der Waals surface area contributed by atoms with Crippen LogP contribution in [0.4, 0.5) is 0 Å². The van der Waals surface area contributed by atoms with E-state index < -0.39 is 0 Å². The van der Waals surface area contributed by atoms with Crippen molar-refractivity contribution in [3.8, 4) is 0 Å². The van der Waals surface area contributed by atoms with E-state index >= 15 is 0 Å². The Morgan fingerprint density at radius 3 is 2.93 bits per heavy atom. The largest absolute Gasteiger partial charge is 0.308 e. The number of nitrogens with one attached hydrogen (secondary N) is 1. The van der Waals surface area contributed by atoms with Gasteiger partial charge in [0, 0.05) is 10.4 Å². The Labute approximate surface area is 97.3 Å². The van der Waals surface area contributed by atoms with Gasteiger partial charge in [-0.3, -0.25) is 0 Å². The van der Waals surface area contributed by atoms with Crippen LogP contribution < -0.4 is 5.32 Å². The molecule has 0 saturated carbocycles. The van der Waals surface area contributed by atoms with Crippen molar-refractivity contribution < 1.29 is 0 Å². The van der Waals surface area contributed by atoms with E-state index in [1.165, 1.54) is 11.5 Å². The van der Waals surface area contributed by atoms with Gasteiger partial charge in [0.25, 0.3) is 0 Å². The minimum Gasteiger partial charge on any atom is -0.308 e. The van der Waals surface area contributed by atoms with Gasteiger partial charge in [-0.05, 0) is 36.3 Å². The fourth-order valence-corrected chi connectivity index (χ4v) is 2.15. The molecule has 0 amide bonds. The lowest BCUT2D eigenvalue weighted by molar-refractivity contribution is 0.668. The second-order valence-corrected chi connectivity index (χ2v) is 4.15. The van der Waals surface area contributed by atoms with Crippen molar-refractivity contribution in [2.45, 2.75) is 6.04 Å². The zero-order valence-corrected chi connectivity index (χ0v) is 9.72. The summed E-state index contributed by atoms with van der Waals surface area (Å²) in [6.07, 6.45) is 0. The quantitative estimate of drug-likeness (QED) is 0.895. The van der Waals surface area contributed by atoms with Crippen LogP contribution in [0.2, 0.25) is 5.02 Å². The molecule has 1 heterocycles. The van der Waals surface area contributed by atoms with E-state index in [4.69, 9.17) is 11.6 Å². The molecule has 0 saturated heterocycles. The molecular formula is C10H10ClN3S. The van der Waals surface area contributed by atoms with Gasteiger partial charge >= 0.3 is 0 Å². The lowest BCUT2D eigenvalue weighted by atomic mass is 10.1. The van der Waals surface area contributed by atoms with E-state index in [-0.39, 0.29) is 6.04 Å². The van der Waals surface area contributed by atoms with E-state index in [0.29, 0.717) is 0 Å². The highest BCUT2D eigenvalue weighted by Crippen LogP contribution is 2.22. The monoisotopic (exact) mass is 239 g/mol. The first kappa shape index (κ1) is 10.5. The second-order valence-electron chi connectivity index (χ2n) is 3.11. The molecule has 78 valence electrons. The zero-order valence-electron chi connectivity index (χ0n) is 8.14. The highest BCUT2D eigenvalue weighted by atomic mass is 35.5. The number of hydrogen-bond acceptors (Lipinski definition) is 4. The summed E-state index contributed by atoms with van der Waals surface area (Å²) in [5.74, 6) is 0. The van der Waals surface area contributed by atoms with Crippen LogP contribution in [-0.4, -0.2) is 16.6 Å². The van der Waals surface area contributed by atoms with Crippen molar-refractivity contribution >= 4 is 23.1 Å². The molecule has 1 aromatic heterocycles. The van der Waals surface area contributed by atoms with Crippen LogP contribution in [0.5, 0.6) is 0 Å². The predicted molar refractivity (Wildman–Crippen MR) is 62.3 cm³/mol. The molecule has 1 N–H and O–H groups in total. The summed E-state index contributed by atoms with van der Waals surface area (Å²) >= 11 is 7.29. The normalized spacial score (nSPS) is 12.7. The van der Waals surface area contributed by atoms with Crippen LogP contribution in [-0.2, 0) is 0 Å². The fourth-order valence-electron chi connectivity index (χ4n) is 1.47. The molecule has 0 bridgehead atoms. The molecule has 0 fully saturated rings. The van der Waals surface area contributed by atoms with Gasteiger partial charge in [-0.25, -0.2) is 0 Å². The summed E-state index contributed by atoms with van der Waals surface area (Å²) in [6, 6.07) is 7.80. The molecule has 2 aromatic rings. The Morgan fingerprint density at radius 2 is 2.33 bits per heavy atom. The number of benzene rings is 1. The topological polar surface area (TPSA) is 37.8 Å². The first-order valence-corrected chi connectivity index (χ1v) is 5.72. The van der Waals surface area contributed by atoms with Gasteiger partial charge < -0.3 is 5.32 Å². The molecule has 0 spiro atoms. The third-order valence-electron chi connectivity index (χ3n) is 2.14. The Kier molecular flexibility index (Phi) is 3.30. The molecule has 1 unspecified atom stereocenters. The van der Waals surface area contributed by atoms with Crippen LogP contribution in [0.1, 0.15) is 17.3 Å². The van der Waals surface area contributed by atoms with Crippen LogP contribution in [0.3, 0.4) is 0 Å². The van der Waals surface area contributed by atoms with Gasteiger partial charge in [-0.2, -0.15) is 0 Å². The molecule has 0 aliphatic rings. The van der Waals surface area contributed by atoms with Gasteiger partial charge in [-0.1, -0.05) is 28.2 Å². The number of rotatable bonds is 3. The van der Waals surface area contributed by atoms with Crippen molar-refractivity contribution in [1.29, 1.82) is 0 Å². The van der Waals surface area contributed by atoms with Crippen molar-refractivity contribution in [1.82, 2.24) is 14.9 Å². The van der Waals surface area contributed by atoms with E-state index in [0.717, 1.165) is 16.3 Å². The maximum Gasteiger partial charge on any atom is 0.0970 e. The van der Waals surface area contributed by atoms with E-state index in [1.54, 1.807) is 0 Å². The maximum absolute atomic E-state index is 5.95. The molecule has 0 aliphatic heterocycles. The zero-order chi connectivity index (χ0) is 10.7. The summed E-state index contributed by atoms with van der Waals surface area (Å²) in [6.45, 7) is 0. The van der Waals surface area contributed by atoms with Crippen molar-refractivity contribution in [3.05, 3.63) is 45.9 Å². The Balaban J connectivity index is 2.35. The lowest BCUT2D eigenvalue weighted by Gasteiger charge is -2.13. The Hall–Kier alpha value is -0.970. The second kappa shape index (κ2) is 4.70. The first-order chi connectivity index (χ1) is 7.31. The average Bonchev–Trinajstić information content (AvgIpc) is 2.72. The minimum atomic E-state index is 0.0578. The first-order valence-electron chi connectivity index (χ1n) is 4.51. The van der Waals surface area contributed by atoms with E-state index in [1.807, 2.05) is 36.7 Å². The van der Waals surface area contributed by atoms with E-state index in [9.17, 15) is 0 Å². The molecule has 0 radical (unpaired) electrons. The Morgan fingerprint density at radius 1 is 1.47 bits per heavy atom. The van der Waals surface area contributed by atoms with Crippen molar-refractivity contribution in [2.75, 3.05) is 7.05 Å². The summed E-state index contributed by atoms with van der Waals surface area (Å²) in [4.78, 5) is 0. The van der Waals surface area contributed by atoms with Gasteiger partial charge in [0.2, 0.25) is 0 Å². The van der Waals surface area contributed by atoms with Crippen LogP contribution >= 0.6 is 23.1 Å². The number of nitrogens with zero attached hydrogens (tertiary/aromatic N) is 2. The molecule has 15 heavy (non-hydrogen) atoms. The maximum atomic E-state index is 5.95.